The Labute approximate surface area is 199 Å². The fourth-order valence-corrected chi connectivity index (χ4v) is 2.78. The molecule has 1 unspecified atom stereocenters. The van der Waals surface area contributed by atoms with E-state index in [1.807, 2.05) is 62.6 Å². The van der Waals surface area contributed by atoms with E-state index in [9.17, 15) is 5.11 Å². The first-order valence-corrected chi connectivity index (χ1v) is 10.6. The van der Waals surface area contributed by atoms with Crippen molar-refractivity contribution in [1.82, 2.24) is 10.2 Å². The quantitative estimate of drug-likeness (QED) is 0.262. The van der Waals surface area contributed by atoms with E-state index in [1.54, 1.807) is 14.2 Å². The molecule has 4 N–H and O–H groups in total. The molecule has 0 aliphatic rings. The number of hydrogen-bond donors (Lipinski definition) is 4. The van der Waals surface area contributed by atoms with Gasteiger partial charge in [-0.25, -0.2) is 9.59 Å². The standard InChI is InChI=1S/C22H32N2O4.C2H2O4/c1-24(2)14-13-23-15-19(25)16-28-22(17-5-9-20(26-3)10-6-17)18-7-11-21(27-4)12-8-18;3-1(4)2(5)6/h5-12,19,22-23,25H,13-16H2,1-4H3;(H,3,4)(H,5,6). The molecule has 0 spiro atoms. The van der Waals surface area contributed by atoms with Crippen molar-refractivity contribution in [3.8, 4) is 11.5 Å². The number of aliphatic hydroxyl groups excluding tert-OH is 1. The van der Waals surface area contributed by atoms with Gasteiger partial charge in [0.25, 0.3) is 0 Å². The summed E-state index contributed by atoms with van der Waals surface area (Å²) < 4.78 is 16.6. The summed E-state index contributed by atoms with van der Waals surface area (Å²) in [5.74, 6) is -2.06. The number of ether oxygens (including phenoxy) is 3. The largest absolute Gasteiger partial charge is 0.497 e. The number of carboxylic acids is 2. The third-order valence-electron chi connectivity index (χ3n) is 4.59. The van der Waals surface area contributed by atoms with Crippen molar-refractivity contribution in [2.75, 3.05) is 54.6 Å². The minimum Gasteiger partial charge on any atom is -0.497 e. The Morgan fingerprint density at radius 2 is 1.32 bits per heavy atom. The fourth-order valence-electron chi connectivity index (χ4n) is 2.78. The van der Waals surface area contributed by atoms with Gasteiger partial charge in [-0.1, -0.05) is 24.3 Å². The lowest BCUT2D eigenvalue weighted by atomic mass is 10.0. The molecule has 0 amide bonds. The van der Waals surface area contributed by atoms with E-state index in [1.165, 1.54) is 0 Å². The zero-order chi connectivity index (χ0) is 25.5. The van der Waals surface area contributed by atoms with Gasteiger partial charge in [-0.3, -0.25) is 0 Å². The number of carbonyl (C=O) groups is 2. The third-order valence-corrected chi connectivity index (χ3v) is 4.59. The van der Waals surface area contributed by atoms with Gasteiger partial charge in [0.05, 0.1) is 26.9 Å². The van der Waals surface area contributed by atoms with Crippen molar-refractivity contribution in [3.05, 3.63) is 59.7 Å². The molecular weight excluding hydrogens is 444 g/mol. The molecule has 0 fully saturated rings. The molecule has 0 aliphatic heterocycles. The number of hydrogen-bond acceptors (Lipinski definition) is 8. The molecule has 34 heavy (non-hydrogen) atoms. The fraction of sp³-hybridized carbons (Fsp3) is 0.417. The molecule has 2 rings (SSSR count). The van der Waals surface area contributed by atoms with E-state index in [0.29, 0.717) is 6.54 Å². The van der Waals surface area contributed by atoms with Crippen LogP contribution in [0.25, 0.3) is 0 Å². The molecule has 2 aromatic rings. The molecule has 10 heteroatoms. The van der Waals surface area contributed by atoms with E-state index in [4.69, 9.17) is 34.0 Å². The molecule has 0 saturated carbocycles. The molecule has 0 saturated heterocycles. The molecule has 188 valence electrons. The first-order valence-electron chi connectivity index (χ1n) is 10.6. The number of aliphatic hydroxyl groups is 1. The van der Waals surface area contributed by atoms with Crippen LogP contribution in [0.1, 0.15) is 17.2 Å². The monoisotopic (exact) mass is 478 g/mol. The summed E-state index contributed by atoms with van der Waals surface area (Å²) in [4.78, 5) is 20.3. The van der Waals surface area contributed by atoms with Crippen molar-refractivity contribution in [3.63, 3.8) is 0 Å². The van der Waals surface area contributed by atoms with Crippen molar-refractivity contribution in [2.24, 2.45) is 0 Å². The van der Waals surface area contributed by atoms with E-state index in [-0.39, 0.29) is 12.7 Å². The second kappa shape index (κ2) is 15.6. The number of carboxylic acid groups (broad SMARTS) is 2. The molecule has 0 heterocycles. The van der Waals surface area contributed by atoms with Crippen molar-refractivity contribution in [2.45, 2.75) is 12.2 Å². The minimum atomic E-state index is -1.82. The van der Waals surface area contributed by atoms with Gasteiger partial charge in [-0.05, 0) is 49.5 Å². The van der Waals surface area contributed by atoms with Crippen LogP contribution in [0.4, 0.5) is 0 Å². The zero-order valence-electron chi connectivity index (χ0n) is 19.9. The number of nitrogens with one attached hydrogen (secondary N) is 1. The molecule has 0 bridgehead atoms. The highest BCUT2D eigenvalue weighted by molar-refractivity contribution is 6.27. The Hall–Kier alpha value is -3.18. The highest BCUT2D eigenvalue weighted by Crippen LogP contribution is 2.29. The zero-order valence-corrected chi connectivity index (χ0v) is 19.9. The van der Waals surface area contributed by atoms with Crippen LogP contribution in [-0.2, 0) is 14.3 Å². The first kappa shape index (κ1) is 28.9. The Bertz CT molecular complexity index is 797. The average molecular weight is 479 g/mol. The summed E-state index contributed by atoms with van der Waals surface area (Å²) in [6.45, 7) is 2.47. The van der Waals surface area contributed by atoms with Gasteiger partial charge in [0.15, 0.2) is 0 Å². The predicted octanol–water partition coefficient (Wildman–Crippen LogP) is 1.48. The van der Waals surface area contributed by atoms with Crippen molar-refractivity contribution in [1.29, 1.82) is 0 Å². The van der Waals surface area contributed by atoms with Gasteiger partial charge < -0.3 is 39.7 Å². The Kier molecular flexibility index (Phi) is 13.3. The lowest BCUT2D eigenvalue weighted by Crippen LogP contribution is -2.35. The van der Waals surface area contributed by atoms with Crippen LogP contribution in [0.3, 0.4) is 0 Å². The summed E-state index contributed by atoms with van der Waals surface area (Å²) in [5, 5.41) is 28.3. The summed E-state index contributed by atoms with van der Waals surface area (Å²) in [7, 11) is 7.34. The van der Waals surface area contributed by atoms with Crippen LogP contribution in [0.2, 0.25) is 0 Å². The molecule has 10 nitrogen and oxygen atoms in total. The number of benzene rings is 2. The maximum atomic E-state index is 10.3. The second-order valence-corrected chi connectivity index (χ2v) is 7.53. The lowest BCUT2D eigenvalue weighted by Gasteiger charge is -2.22. The SMILES string of the molecule is COc1ccc(C(OCC(O)CNCCN(C)C)c2ccc(OC)cc2)cc1.O=C(O)C(=O)O. The van der Waals surface area contributed by atoms with Gasteiger partial charge in [0, 0.05) is 19.6 Å². The van der Waals surface area contributed by atoms with E-state index in [2.05, 4.69) is 10.2 Å². The van der Waals surface area contributed by atoms with Gasteiger partial charge in [0.2, 0.25) is 0 Å². The smallest absolute Gasteiger partial charge is 0.414 e. The summed E-state index contributed by atoms with van der Waals surface area (Å²) in [6, 6.07) is 15.6. The highest BCUT2D eigenvalue weighted by atomic mass is 16.5. The van der Waals surface area contributed by atoms with Crippen LogP contribution in [0.15, 0.2) is 48.5 Å². The average Bonchev–Trinajstić information content (AvgIpc) is 2.83. The van der Waals surface area contributed by atoms with Crippen LogP contribution in [-0.4, -0.2) is 92.8 Å². The summed E-state index contributed by atoms with van der Waals surface area (Å²) >= 11 is 0. The molecule has 2 aromatic carbocycles. The van der Waals surface area contributed by atoms with Gasteiger partial charge in [-0.2, -0.15) is 0 Å². The van der Waals surface area contributed by atoms with Crippen LogP contribution in [0, 0.1) is 0 Å². The van der Waals surface area contributed by atoms with E-state index >= 15 is 0 Å². The maximum Gasteiger partial charge on any atom is 0.414 e. The Morgan fingerprint density at radius 3 is 1.68 bits per heavy atom. The Balaban J connectivity index is 0.000000852. The Morgan fingerprint density at radius 1 is 0.882 bits per heavy atom. The normalized spacial score (nSPS) is 11.5. The second-order valence-electron chi connectivity index (χ2n) is 7.53. The number of nitrogens with zero attached hydrogens (tertiary/aromatic N) is 1. The molecular formula is C24H34N2O8. The number of likely N-dealkylation sites (N-methyl/N-ethyl adjacent to an activating group) is 1. The predicted molar refractivity (Wildman–Crippen MR) is 126 cm³/mol. The topological polar surface area (TPSA) is 138 Å². The number of rotatable bonds is 12. The van der Waals surface area contributed by atoms with Crippen LogP contribution >= 0.6 is 0 Å². The molecule has 1 atom stereocenters. The maximum absolute atomic E-state index is 10.3. The van der Waals surface area contributed by atoms with Gasteiger partial charge in [-0.15, -0.1) is 0 Å². The molecule has 0 aliphatic carbocycles. The van der Waals surface area contributed by atoms with Crippen molar-refractivity contribution >= 4 is 11.9 Å². The first-order chi connectivity index (χ1) is 16.2. The van der Waals surface area contributed by atoms with Crippen LogP contribution < -0.4 is 14.8 Å². The number of aliphatic carboxylic acids is 2. The molecule has 0 aromatic heterocycles. The van der Waals surface area contributed by atoms with Gasteiger partial charge >= 0.3 is 11.9 Å². The van der Waals surface area contributed by atoms with Crippen LogP contribution in [0.5, 0.6) is 11.5 Å². The lowest BCUT2D eigenvalue weighted by molar-refractivity contribution is -0.159. The number of methoxy groups -OCH3 is 2. The molecule has 0 radical (unpaired) electrons. The van der Waals surface area contributed by atoms with E-state index < -0.39 is 18.0 Å². The minimum absolute atomic E-state index is 0.234. The third kappa shape index (κ3) is 11.1. The van der Waals surface area contributed by atoms with E-state index in [0.717, 1.165) is 35.7 Å². The highest BCUT2D eigenvalue weighted by Gasteiger charge is 2.17. The summed E-state index contributed by atoms with van der Waals surface area (Å²) in [5.41, 5.74) is 2.00. The van der Waals surface area contributed by atoms with Crippen molar-refractivity contribution < 1.29 is 39.1 Å². The van der Waals surface area contributed by atoms with Gasteiger partial charge in [0.1, 0.15) is 17.6 Å². The summed E-state index contributed by atoms with van der Waals surface area (Å²) in [6.07, 6.45) is -0.866.